The van der Waals surface area contributed by atoms with Gasteiger partial charge < -0.3 is 11.1 Å². The van der Waals surface area contributed by atoms with Crippen molar-refractivity contribution in [3.63, 3.8) is 0 Å². The van der Waals surface area contributed by atoms with Crippen LogP contribution in [0.4, 0.5) is 19.0 Å². The molecule has 0 saturated carbocycles. The molecule has 1 heterocycles. The zero-order valence-corrected chi connectivity index (χ0v) is 9.89. The summed E-state index contributed by atoms with van der Waals surface area (Å²) in [5, 5.41) is 10.9. The second kappa shape index (κ2) is 6.42. The maximum Gasteiger partial charge on any atom is 0.240 e. The topological polar surface area (TPSA) is 74.7 Å². The lowest BCUT2D eigenvalue weighted by Crippen LogP contribution is -2.31. The molecular weight excluding hydrogens is 269 g/mol. The molecule has 1 aromatic rings. The third-order valence-corrected chi connectivity index (χ3v) is 2.35. The Labute approximate surface area is 107 Å². The van der Waals surface area contributed by atoms with Crippen molar-refractivity contribution in [3.05, 3.63) is 22.6 Å². The SMILES string of the molecule is N#Cc1cc(F)c(NCC(N)CC(F)F)nc1Cl. The van der Waals surface area contributed by atoms with Crippen molar-refractivity contribution in [1.82, 2.24) is 4.98 Å². The minimum atomic E-state index is -2.52. The molecule has 0 radical (unpaired) electrons. The fourth-order valence-corrected chi connectivity index (χ4v) is 1.39. The van der Waals surface area contributed by atoms with Gasteiger partial charge in [0, 0.05) is 19.0 Å². The number of hydrogen-bond donors (Lipinski definition) is 2. The maximum atomic E-state index is 13.4. The smallest absolute Gasteiger partial charge is 0.240 e. The molecule has 0 spiro atoms. The van der Waals surface area contributed by atoms with Crippen molar-refractivity contribution in [2.45, 2.75) is 18.9 Å². The standard InChI is InChI=1S/C10H10ClF3N4/c11-9-5(3-15)1-7(12)10(18-9)17-4-6(16)2-8(13)14/h1,6,8H,2,4,16H2,(H,17,18). The normalized spacial score (nSPS) is 12.3. The number of nitriles is 1. The third kappa shape index (κ3) is 4.05. The summed E-state index contributed by atoms with van der Waals surface area (Å²) in [5.41, 5.74) is 5.29. The van der Waals surface area contributed by atoms with Crippen LogP contribution >= 0.6 is 11.6 Å². The van der Waals surface area contributed by atoms with E-state index in [0.29, 0.717) is 0 Å². The van der Waals surface area contributed by atoms with E-state index in [2.05, 4.69) is 10.3 Å². The quantitative estimate of drug-likeness (QED) is 0.809. The van der Waals surface area contributed by atoms with Crippen LogP contribution in [0.2, 0.25) is 5.15 Å². The van der Waals surface area contributed by atoms with Crippen molar-refractivity contribution < 1.29 is 13.2 Å². The van der Waals surface area contributed by atoms with Gasteiger partial charge in [-0.2, -0.15) is 5.26 Å². The highest BCUT2D eigenvalue weighted by atomic mass is 35.5. The average molecular weight is 279 g/mol. The first kappa shape index (κ1) is 14.5. The first-order chi connectivity index (χ1) is 8.43. The van der Waals surface area contributed by atoms with Crippen LogP contribution < -0.4 is 11.1 Å². The molecule has 3 N–H and O–H groups in total. The number of pyridine rings is 1. The maximum absolute atomic E-state index is 13.4. The van der Waals surface area contributed by atoms with Gasteiger partial charge in [0.2, 0.25) is 6.43 Å². The molecule has 0 aliphatic rings. The highest BCUT2D eigenvalue weighted by molar-refractivity contribution is 6.30. The molecule has 1 aromatic heterocycles. The van der Waals surface area contributed by atoms with Crippen LogP contribution in [-0.2, 0) is 0 Å². The summed E-state index contributed by atoms with van der Waals surface area (Å²) < 4.78 is 37.4. The lowest BCUT2D eigenvalue weighted by molar-refractivity contribution is 0.130. The Hall–Kier alpha value is -1.52. The zero-order valence-electron chi connectivity index (χ0n) is 9.13. The van der Waals surface area contributed by atoms with Crippen molar-refractivity contribution >= 4 is 17.4 Å². The van der Waals surface area contributed by atoms with E-state index in [9.17, 15) is 13.2 Å². The molecule has 1 atom stereocenters. The van der Waals surface area contributed by atoms with Crippen molar-refractivity contribution in [3.8, 4) is 6.07 Å². The van der Waals surface area contributed by atoms with Gasteiger partial charge in [-0.15, -0.1) is 0 Å². The van der Waals surface area contributed by atoms with Gasteiger partial charge in [0.25, 0.3) is 0 Å². The van der Waals surface area contributed by atoms with Crippen LogP contribution in [0.5, 0.6) is 0 Å². The molecule has 1 rings (SSSR count). The van der Waals surface area contributed by atoms with E-state index in [1.54, 1.807) is 6.07 Å². The number of halogens is 4. The Morgan fingerprint density at radius 1 is 1.56 bits per heavy atom. The van der Waals surface area contributed by atoms with Crippen molar-refractivity contribution in [1.29, 1.82) is 5.26 Å². The molecule has 0 aliphatic carbocycles. The molecular formula is C10H10ClF3N4. The van der Waals surface area contributed by atoms with Crippen LogP contribution in [0.25, 0.3) is 0 Å². The van der Waals surface area contributed by atoms with Gasteiger partial charge in [0.05, 0.1) is 5.56 Å². The number of rotatable bonds is 5. The number of nitrogens with one attached hydrogen (secondary N) is 1. The van der Waals surface area contributed by atoms with Crippen LogP contribution in [0.1, 0.15) is 12.0 Å². The predicted octanol–water partition coefficient (Wildman–Crippen LogP) is 2.14. The summed E-state index contributed by atoms with van der Waals surface area (Å²) in [5.74, 6) is -1.01. The van der Waals surface area contributed by atoms with E-state index < -0.39 is 24.7 Å². The molecule has 0 aliphatic heterocycles. The summed E-state index contributed by atoms with van der Waals surface area (Å²) in [6, 6.07) is 1.75. The Morgan fingerprint density at radius 2 is 2.22 bits per heavy atom. The monoisotopic (exact) mass is 278 g/mol. The Kier molecular flexibility index (Phi) is 5.19. The van der Waals surface area contributed by atoms with E-state index in [1.165, 1.54) is 0 Å². The number of nitrogens with two attached hydrogens (primary N) is 1. The molecule has 0 aromatic carbocycles. The molecule has 0 bridgehead atoms. The summed E-state index contributed by atoms with van der Waals surface area (Å²) in [7, 11) is 0. The lowest BCUT2D eigenvalue weighted by atomic mass is 10.2. The molecule has 4 nitrogen and oxygen atoms in total. The fourth-order valence-electron chi connectivity index (χ4n) is 1.21. The minimum Gasteiger partial charge on any atom is -0.366 e. The highest BCUT2D eigenvalue weighted by Crippen LogP contribution is 2.19. The van der Waals surface area contributed by atoms with Crippen LogP contribution in [0, 0.1) is 17.1 Å². The second-order valence-electron chi connectivity index (χ2n) is 3.54. The third-order valence-electron chi connectivity index (χ3n) is 2.06. The molecule has 0 amide bonds. The van der Waals surface area contributed by atoms with Crippen LogP contribution in [-0.4, -0.2) is 24.0 Å². The first-order valence-electron chi connectivity index (χ1n) is 4.97. The van der Waals surface area contributed by atoms with E-state index in [-0.39, 0.29) is 23.1 Å². The summed E-state index contributed by atoms with van der Waals surface area (Å²) >= 11 is 5.61. The van der Waals surface area contributed by atoms with Gasteiger partial charge in [0.15, 0.2) is 11.6 Å². The van der Waals surface area contributed by atoms with E-state index in [1.807, 2.05) is 0 Å². The Balaban J connectivity index is 2.69. The molecule has 0 saturated heterocycles. The summed E-state index contributed by atoms with van der Waals surface area (Å²) in [6.45, 7) is -0.0729. The fraction of sp³-hybridized carbons (Fsp3) is 0.400. The van der Waals surface area contributed by atoms with E-state index in [0.717, 1.165) is 6.07 Å². The Bertz CT molecular complexity index is 461. The number of nitrogens with zero attached hydrogens (tertiary/aromatic N) is 2. The van der Waals surface area contributed by atoms with E-state index in [4.69, 9.17) is 22.6 Å². The molecule has 1 unspecified atom stereocenters. The number of anilines is 1. The van der Waals surface area contributed by atoms with Crippen LogP contribution in [0.3, 0.4) is 0 Å². The van der Waals surface area contributed by atoms with Crippen molar-refractivity contribution in [2.75, 3.05) is 11.9 Å². The predicted molar refractivity (Wildman–Crippen MR) is 61.0 cm³/mol. The summed E-state index contributed by atoms with van der Waals surface area (Å²) in [6.07, 6.45) is -3.03. The molecule has 0 fully saturated rings. The largest absolute Gasteiger partial charge is 0.366 e. The van der Waals surface area contributed by atoms with Gasteiger partial charge in [-0.25, -0.2) is 18.2 Å². The van der Waals surface area contributed by atoms with Crippen molar-refractivity contribution in [2.24, 2.45) is 5.73 Å². The number of aromatic nitrogens is 1. The summed E-state index contributed by atoms with van der Waals surface area (Å²) in [4.78, 5) is 3.61. The Morgan fingerprint density at radius 3 is 2.78 bits per heavy atom. The van der Waals surface area contributed by atoms with Gasteiger partial charge >= 0.3 is 0 Å². The van der Waals surface area contributed by atoms with Crippen LogP contribution in [0.15, 0.2) is 6.07 Å². The number of alkyl halides is 2. The first-order valence-corrected chi connectivity index (χ1v) is 5.35. The minimum absolute atomic E-state index is 0.0729. The van der Waals surface area contributed by atoms with E-state index >= 15 is 0 Å². The highest BCUT2D eigenvalue weighted by Gasteiger charge is 2.13. The lowest BCUT2D eigenvalue weighted by Gasteiger charge is -2.13. The number of hydrogen-bond acceptors (Lipinski definition) is 4. The van der Waals surface area contributed by atoms with Gasteiger partial charge in [-0.05, 0) is 6.07 Å². The molecule has 98 valence electrons. The van der Waals surface area contributed by atoms with Gasteiger partial charge in [-0.1, -0.05) is 11.6 Å². The van der Waals surface area contributed by atoms with Gasteiger partial charge in [0.1, 0.15) is 11.2 Å². The molecule has 8 heteroatoms. The average Bonchev–Trinajstić information content (AvgIpc) is 2.28. The van der Waals surface area contributed by atoms with Gasteiger partial charge in [-0.3, -0.25) is 0 Å². The zero-order chi connectivity index (χ0) is 13.7. The second-order valence-corrected chi connectivity index (χ2v) is 3.89. The molecule has 18 heavy (non-hydrogen) atoms.